The van der Waals surface area contributed by atoms with Gasteiger partial charge in [0.1, 0.15) is 17.3 Å². The summed E-state index contributed by atoms with van der Waals surface area (Å²) >= 11 is 5.44. The van der Waals surface area contributed by atoms with E-state index in [1.807, 2.05) is 29.3 Å². The average molecular weight is 505 g/mol. The van der Waals surface area contributed by atoms with Crippen LogP contribution in [0, 0.1) is 0 Å². The second-order valence-electron chi connectivity index (χ2n) is 8.37. The topological polar surface area (TPSA) is 51.5 Å². The standard InChI is InChI=1S/C25H27F3N4O2S/c1-33-19-13-17(14-20(15-19)34-2)16-32-12-9-29-23(32)18-7-10-31(11-8-18)24(35)30-22-6-4-3-5-21(22)25(26,27)28/h3-6,9,12-15,18H,7-8,10-11,16H2,1-2H3,(H,30,35). The third-order valence-corrected chi connectivity index (χ3v) is 6.49. The third kappa shape index (κ3) is 5.87. The number of imidazole rings is 1. The molecule has 2 aromatic carbocycles. The first-order valence-corrected chi connectivity index (χ1v) is 11.6. The van der Waals surface area contributed by atoms with Gasteiger partial charge in [-0.15, -0.1) is 0 Å². The van der Waals surface area contributed by atoms with Crippen LogP contribution in [-0.2, 0) is 12.7 Å². The number of nitrogens with zero attached hydrogens (tertiary/aromatic N) is 3. The Kier molecular flexibility index (Phi) is 7.49. The van der Waals surface area contributed by atoms with Gasteiger partial charge in [-0.25, -0.2) is 4.98 Å². The molecular formula is C25H27F3N4O2S. The number of likely N-dealkylation sites (tertiary alicyclic amines) is 1. The molecule has 1 saturated heterocycles. The van der Waals surface area contributed by atoms with Crippen molar-refractivity contribution in [3.05, 3.63) is 71.8 Å². The van der Waals surface area contributed by atoms with Gasteiger partial charge in [-0.2, -0.15) is 13.2 Å². The number of halogens is 3. The molecule has 6 nitrogen and oxygen atoms in total. The highest BCUT2D eigenvalue weighted by Crippen LogP contribution is 2.35. The van der Waals surface area contributed by atoms with E-state index < -0.39 is 11.7 Å². The normalized spacial score (nSPS) is 14.6. The Labute approximate surface area is 207 Å². The Hall–Kier alpha value is -3.27. The zero-order valence-electron chi connectivity index (χ0n) is 19.5. The SMILES string of the molecule is COc1cc(Cn2ccnc2C2CCN(C(=S)Nc3ccccc3C(F)(F)F)CC2)cc(OC)c1. The highest BCUT2D eigenvalue weighted by Gasteiger charge is 2.34. The first-order chi connectivity index (χ1) is 16.8. The lowest BCUT2D eigenvalue weighted by Crippen LogP contribution is -2.41. The van der Waals surface area contributed by atoms with E-state index in [1.165, 1.54) is 12.1 Å². The Bertz CT molecular complexity index is 1150. The van der Waals surface area contributed by atoms with Crippen LogP contribution in [-0.4, -0.2) is 46.9 Å². The van der Waals surface area contributed by atoms with Crippen LogP contribution in [0.2, 0.25) is 0 Å². The van der Waals surface area contributed by atoms with Gasteiger partial charge in [0.25, 0.3) is 0 Å². The molecule has 0 spiro atoms. The van der Waals surface area contributed by atoms with E-state index in [0.717, 1.165) is 41.8 Å². The molecule has 0 amide bonds. The largest absolute Gasteiger partial charge is 0.497 e. The maximum Gasteiger partial charge on any atom is 0.418 e. The molecule has 0 bridgehead atoms. The number of para-hydroxylation sites is 1. The fraction of sp³-hybridized carbons (Fsp3) is 0.360. The molecule has 3 aromatic rings. The lowest BCUT2D eigenvalue weighted by atomic mass is 9.96. The molecule has 4 rings (SSSR count). The second kappa shape index (κ2) is 10.6. The summed E-state index contributed by atoms with van der Waals surface area (Å²) in [4.78, 5) is 6.52. The smallest absolute Gasteiger partial charge is 0.418 e. The number of rotatable bonds is 6. The highest BCUT2D eigenvalue weighted by molar-refractivity contribution is 7.80. The van der Waals surface area contributed by atoms with E-state index in [-0.39, 0.29) is 11.6 Å². The molecule has 0 atom stereocenters. The first-order valence-electron chi connectivity index (χ1n) is 11.2. The van der Waals surface area contributed by atoms with Gasteiger partial charge in [0.15, 0.2) is 5.11 Å². The van der Waals surface area contributed by atoms with Crippen molar-refractivity contribution in [1.82, 2.24) is 14.5 Å². The van der Waals surface area contributed by atoms with E-state index >= 15 is 0 Å². The molecule has 0 saturated carbocycles. The Morgan fingerprint density at radius 3 is 2.37 bits per heavy atom. The zero-order valence-corrected chi connectivity index (χ0v) is 20.3. The van der Waals surface area contributed by atoms with Crippen molar-refractivity contribution in [3.63, 3.8) is 0 Å². The van der Waals surface area contributed by atoms with E-state index in [0.29, 0.717) is 24.7 Å². The van der Waals surface area contributed by atoms with Crippen molar-refractivity contribution >= 4 is 23.0 Å². The molecule has 2 heterocycles. The molecule has 1 aliphatic rings. The quantitative estimate of drug-likeness (QED) is 0.445. The number of anilines is 1. The Morgan fingerprint density at radius 1 is 1.09 bits per heavy atom. The predicted molar refractivity (Wildman–Crippen MR) is 132 cm³/mol. The molecule has 1 aliphatic heterocycles. The monoisotopic (exact) mass is 504 g/mol. The number of hydrogen-bond acceptors (Lipinski definition) is 4. The number of benzene rings is 2. The number of hydrogen-bond donors (Lipinski definition) is 1. The van der Waals surface area contributed by atoms with Crippen molar-refractivity contribution in [1.29, 1.82) is 0 Å². The van der Waals surface area contributed by atoms with Crippen LogP contribution in [0.5, 0.6) is 11.5 Å². The van der Waals surface area contributed by atoms with Crippen LogP contribution in [0.1, 0.15) is 35.7 Å². The molecule has 1 N–H and O–H groups in total. The van der Waals surface area contributed by atoms with Crippen molar-refractivity contribution < 1.29 is 22.6 Å². The van der Waals surface area contributed by atoms with Gasteiger partial charge in [0.2, 0.25) is 0 Å². The van der Waals surface area contributed by atoms with Gasteiger partial charge >= 0.3 is 6.18 Å². The summed E-state index contributed by atoms with van der Waals surface area (Å²) in [5.41, 5.74) is 0.274. The van der Waals surface area contributed by atoms with Gasteiger partial charge in [-0.1, -0.05) is 12.1 Å². The van der Waals surface area contributed by atoms with Gasteiger partial charge in [0, 0.05) is 44.0 Å². The molecule has 186 valence electrons. The average Bonchev–Trinajstić information content (AvgIpc) is 3.31. The molecule has 0 aliphatic carbocycles. The lowest BCUT2D eigenvalue weighted by Gasteiger charge is -2.34. The van der Waals surface area contributed by atoms with E-state index in [2.05, 4.69) is 14.9 Å². The van der Waals surface area contributed by atoms with Crippen molar-refractivity contribution in [2.45, 2.75) is 31.5 Å². The van der Waals surface area contributed by atoms with Crippen molar-refractivity contribution in [2.24, 2.45) is 0 Å². The van der Waals surface area contributed by atoms with Crippen LogP contribution in [0.15, 0.2) is 54.9 Å². The fourth-order valence-corrected chi connectivity index (χ4v) is 4.64. The van der Waals surface area contributed by atoms with E-state index in [9.17, 15) is 13.2 Å². The minimum absolute atomic E-state index is 0.0311. The number of aromatic nitrogens is 2. The van der Waals surface area contributed by atoms with Crippen molar-refractivity contribution in [2.75, 3.05) is 32.6 Å². The molecule has 1 fully saturated rings. The fourth-order valence-electron chi connectivity index (χ4n) is 4.34. The Morgan fingerprint density at radius 2 is 1.74 bits per heavy atom. The molecular weight excluding hydrogens is 477 g/mol. The maximum absolute atomic E-state index is 13.3. The van der Waals surface area contributed by atoms with Crippen LogP contribution in [0.3, 0.4) is 0 Å². The zero-order chi connectivity index (χ0) is 25.0. The lowest BCUT2D eigenvalue weighted by molar-refractivity contribution is -0.136. The van der Waals surface area contributed by atoms with E-state index in [4.69, 9.17) is 21.7 Å². The minimum Gasteiger partial charge on any atom is -0.497 e. The summed E-state index contributed by atoms with van der Waals surface area (Å²) in [7, 11) is 3.24. The summed E-state index contributed by atoms with van der Waals surface area (Å²) in [6.45, 7) is 1.88. The molecule has 10 heteroatoms. The molecule has 1 aromatic heterocycles. The summed E-state index contributed by atoms with van der Waals surface area (Å²) < 4.78 is 52.8. The van der Waals surface area contributed by atoms with Gasteiger partial charge < -0.3 is 24.3 Å². The van der Waals surface area contributed by atoms with Crippen LogP contribution in [0.4, 0.5) is 18.9 Å². The third-order valence-electron chi connectivity index (χ3n) is 6.13. The maximum atomic E-state index is 13.3. The molecule has 35 heavy (non-hydrogen) atoms. The number of thiocarbonyl (C=S) groups is 1. The van der Waals surface area contributed by atoms with Crippen LogP contribution >= 0.6 is 12.2 Å². The Balaban J connectivity index is 1.40. The van der Waals surface area contributed by atoms with Crippen LogP contribution < -0.4 is 14.8 Å². The van der Waals surface area contributed by atoms with Gasteiger partial charge in [-0.05, 0) is 54.9 Å². The summed E-state index contributed by atoms with van der Waals surface area (Å²) in [6, 6.07) is 11.1. The second-order valence-corrected chi connectivity index (χ2v) is 8.76. The highest BCUT2D eigenvalue weighted by atomic mass is 32.1. The number of methoxy groups -OCH3 is 2. The first kappa shape index (κ1) is 24.8. The molecule has 0 radical (unpaired) electrons. The molecule has 0 unspecified atom stereocenters. The number of nitrogens with one attached hydrogen (secondary N) is 1. The number of piperidine rings is 1. The van der Waals surface area contributed by atoms with Gasteiger partial charge in [0.05, 0.1) is 25.5 Å². The number of alkyl halides is 3. The number of ether oxygens (including phenoxy) is 2. The van der Waals surface area contributed by atoms with Crippen LogP contribution in [0.25, 0.3) is 0 Å². The van der Waals surface area contributed by atoms with E-state index in [1.54, 1.807) is 26.5 Å². The summed E-state index contributed by atoms with van der Waals surface area (Å²) in [6.07, 6.45) is 0.881. The summed E-state index contributed by atoms with van der Waals surface area (Å²) in [5, 5.41) is 3.09. The minimum atomic E-state index is -4.45. The van der Waals surface area contributed by atoms with Crippen molar-refractivity contribution in [3.8, 4) is 11.5 Å². The predicted octanol–water partition coefficient (Wildman–Crippen LogP) is 5.54. The van der Waals surface area contributed by atoms with Gasteiger partial charge in [-0.3, -0.25) is 0 Å². The summed E-state index contributed by atoms with van der Waals surface area (Å²) in [5.74, 6) is 2.65.